The highest BCUT2D eigenvalue weighted by Gasteiger charge is 2.27. The van der Waals surface area contributed by atoms with Gasteiger partial charge in [-0.15, -0.1) is 0 Å². The second kappa shape index (κ2) is 9.02. The average Bonchev–Trinajstić information content (AvgIpc) is 3.20. The number of rotatable bonds is 7. The fraction of sp³-hybridized carbons (Fsp3) is 0.348. The van der Waals surface area contributed by atoms with Gasteiger partial charge in [-0.1, -0.05) is 42.8 Å². The van der Waals surface area contributed by atoms with Crippen LogP contribution in [-0.4, -0.2) is 36.3 Å². The Morgan fingerprint density at radius 3 is 2.50 bits per heavy atom. The van der Waals surface area contributed by atoms with Crippen LogP contribution in [-0.2, 0) is 27.9 Å². The maximum atomic E-state index is 13.1. The summed E-state index contributed by atoms with van der Waals surface area (Å²) in [7, 11) is -3.53. The molecule has 7 heteroatoms. The summed E-state index contributed by atoms with van der Waals surface area (Å²) in [5.41, 5.74) is 1.73. The number of benzene rings is 2. The lowest BCUT2D eigenvalue weighted by molar-refractivity contribution is -0.121. The van der Waals surface area contributed by atoms with Crippen molar-refractivity contribution in [1.29, 1.82) is 0 Å². The Balaban J connectivity index is 1.39. The first-order chi connectivity index (χ1) is 14.6. The van der Waals surface area contributed by atoms with Crippen LogP contribution in [0.5, 0.6) is 0 Å². The predicted octanol–water partition coefficient (Wildman–Crippen LogP) is 3.52. The lowest BCUT2D eigenvalue weighted by atomic mass is 10.2. The molecule has 0 unspecified atom stereocenters. The molecule has 1 N–H and O–H groups in total. The number of aromatic nitrogens is 1. The normalized spacial score (nSPS) is 15.3. The van der Waals surface area contributed by atoms with E-state index in [0.717, 1.165) is 30.2 Å². The molecule has 3 aromatic rings. The third kappa shape index (κ3) is 4.42. The molecule has 2 aromatic carbocycles. The number of carbonyl (C=O) groups excluding carboxylic acids is 1. The van der Waals surface area contributed by atoms with E-state index >= 15 is 0 Å². The molecule has 4 rings (SSSR count). The van der Waals surface area contributed by atoms with Crippen molar-refractivity contribution >= 4 is 26.8 Å². The number of hydrogen-bond donors (Lipinski definition) is 1. The summed E-state index contributed by atoms with van der Waals surface area (Å²) < 4.78 is 29.8. The minimum Gasteiger partial charge on any atom is -0.352 e. The van der Waals surface area contributed by atoms with Crippen LogP contribution in [0.15, 0.2) is 65.7 Å². The molecule has 0 radical (unpaired) electrons. The predicted molar refractivity (Wildman–Crippen MR) is 117 cm³/mol. The van der Waals surface area contributed by atoms with Gasteiger partial charge in [-0.25, -0.2) is 8.42 Å². The zero-order valence-electron chi connectivity index (χ0n) is 17.0. The van der Waals surface area contributed by atoms with Crippen LogP contribution >= 0.6 is 0 Å². The largest absolute Gasteiger partial charge is 0.352 e. The molecule has 0 aliphatic carbocycles. The molecule has 1 fully saturated rings. The molecule has 2 heterocycles. The quantitative estimate of drug-likeness (QED) is 0.630. The summed E-state index contributed by atoms with van der Waals surface area (Å²) in [6.45, 7) is 1.91. The highest BCUT2D eigenvalue weighted by molar-refractivity contribution is 7.89. The van der Waals surface area contributed by atoms with E-state index in [1.165, 1.54) is 0 Å². The number of fused-ring (bicyclic) bond motifs is 1. The van der Waals surface area contributed by atoms with Gasteiger partial charge in [0, 0.05) is 44.3 Å². The topological polar surface area (TPSA) is 71.4 Å². The second-order valence-electron chi connectivity index (χ2n) is 7.67. The van der Waals surface area contributed by atoms with Crippen LogP contribution in [0.25, 0.3) is 10.9 Å². The summed E-state index contributed by atoms with van der Waals surface area (Å²) in [6.07, 6.45) is 5.18. The maximum Gasteiger partial charge on any atom is 0.243 e. The van der Waals surface area contributed by atoms with Crippen molar-refractivity contribution in [2.75, 3.05) is 13.1 Å². The Kier molecular flexibility index (Phi) is 6.20. The molecule has 1 saturated heterocycles. The Morgan fingerprint density at radius 1 is 0.933 bits per heavy atom. The molecule has 1 aliphatic rings. The molecule has 1 aliphatic heterocycles. The lowest BCUT2D eigenvalue weighted by Crippen LogP contribution is -2.36. The van der Waals surface area contributed by atoms with Crippen LogP contribution in [0.1, 0.15) is 31.2 Å². The van der Waals surface area contributed by atoms with Gasteiger partial charge < -0.3 is 9.88 Å². The van der Waals surface area contributed by atoms with E-state index in [1.807, 2.05) is 42.6 Å². The number of nitrogens with one attached hydrogen (secondary N) is 1. The van der Waals surface area contributed by atoms with Crippen molar-refractivity contribution < 1.29 is 13.2 Å². The molecule has 1 amide bonds. The molecule has 6 nitrogen and oxygen atoms in total. The molecular formula is C23H27N3O3S. The van der Waals surface area contributed by atoms with Gasteiger partial charge in [-0.2, -0.15) is 4.31 Å². The molecule has 30 heavy (non-hydrogen) atoms. The Hall–Kier alpha value is -2.64. The van der Waals surface area contributed by atoms with E-state index < -0.39 is 10.0 Å². The van der Waals surface area contributed by atoms with Crippen LogP contribution < -0.4 is 5.32 Å². The van der Waals surface area contributed by atoms with Gasteiger partial charge in [0.1, 0.15) is 0 Å². The summed E-state index contributed by atoms with van der Waals surface area (Å²) in [4.78, 5) is 12.7. The molecule has 0 atom stereocenters. The Bertz CT molecular complexity index is 1130. The zero-order valence-corrected chi connectivity index (χ0v) is 17.8. The smallest absolute Gasteiger partial charge is 0.243 e. The van der Waals surface area contributed by atoms with E-state index in [4.69, 9.17) is 0 Å². The van der Waals surface area contributed by atoms with Crippen LogP contribution in [0, 0.1) is 0 Å². The number of sulfonamides is 1. The SMILES string of the molecule is O=C(CCn1ccc2ccccc21)NCc1ccccc1S(=O)(=O)N1CCCCC1. The number of aryl methyl sites for hydroxylation is 1. The van der Waals surface area contributed by atoms with Gasteiger partial charge in [0.15, 0.2) is 0 Å². The first-order valence-corrected chi connectivity index (χ1v) is 11.9. The van der Waals surface area contributed by atoms with Crippen molar-refractivity contribution in [2.45, 2.75) is 43.7 Å². The van der Waals surface area contributed by atoms with Crippen LogP contribution in [0.2, 0.25) is 0 Å². The lowest BCUT2D eigenvalue weighted by Gasteiger charge is -2.26. The number of nitrogens with zero attached hydrogens (tertiary/aromatic N) is 2. The molecular weight excluding hydrogens is 398 g/mol. The number of amides is 1. The molecule has 0 bridgehead atoms. The van der Waals surface area contributed by atoms with Crippen LogP contribution in [0.3, 0.4) is 0 Å². The van der Waals surface area contributed by atoms with Gasteiger partial charge in [0.25, 0.3) is 0 Å². The number of hydrogen-bond acceptors (Lipinski definition) is 3. The monoisotopic (exact) mass is 425 g/mol. The van der Waals surface area contributed by atoms with Crippen molar-refractivity contribution in [3.63, 3.8) is 0 Å². The number of carbonyl (C=O) groups is 1. The van der Waals surface area contributed by atoms with Crippen molar-refractivity contribution in [3.8, 4) is 0 Å². The summed E-state index contributed by atoms with van der Waals surface area (Å²) in [6, 6.07) is 17.1. The first kappa shape index (κ1) is 20.6. The minimum atomic E-state index is -3.53. The average molecular weight is 426 g/mol. The molecule has 0 spiro atoms. The molecule has 1 aromatic heterocycles. The summed E-state index contributed by atoms with van der Waals surface area (Å²) in [5, 5.41) is 4.04. The number of para-hydroxylation sites is 1. The summed E-state index contributed by atoms with van der Waals surface area (Å²) >= 11 is 0. The van der Waals surface area contributed by atoms with Gasteiger partial charge in [0.05, 0.1) is 4.90 Å². The van der Waals surface area contributed by atoms with Gasteiger partial charge in [-0.05, 0) is 42.0 Å². The summed E-state index contributed by atoms with van der Waals surface area (Å²) in [5.74, 6) is -0.0991. The van der Waals surface area contributed by atoms with Crippen molar-refractivity contribution in [2.24, 2.45) is 0 Å². The third-order valence-corrected chi connectivity index (χ3v) is 7.64. The zero-order chi connectivity index (χ0) is 21.0. The van der Waals surface area contributed by atoms with Crippen LogP contribution in [0.4, 0.5) is 0 Å². The molecule has 0 saturated carbocycles. The highest BCUT2D eigenvalue weighted by atomic mass is 32.2. The second-order valence-corrected chi connectivity index (χ2v) is 9.57. The van der Waals surface area contributed by atoms with E-state index in [-0.39, 0.29) is 12.5 Å². The van der Waals surface area contributed by atoms with E-state index in [0.29, 0.717) is 36.5 Å². The standard InChI is InChI=1S/C23H27N3O3S/c27-23(13-17-25-16-12-19-8-2-4-10-21(19)25)24-18-20-9-3-5-11-22(20)30(28,29)26-14-6-1-7-15-26/h2-5,8-12,16H,1,6-7,13-15,17-18H2,(H,24,27). The first-order valence-electron chi connectivity index (χ1n) is 10.4. The minimum absolute atomic E-state index is 0.0991. The van der Waals surface area contributed by atoms with Gasteiger partial charge in [-0.3, -0.25) is 4.79 Å². The maximum absolute atomic E-state index is 13.1. The van der Waals surface area contributed by atoms with E-state index in [2.05, 4.69) is 9.88 Å². The van der Waals surface area contributed by atoms with Gasteiger partial charge >= 0.3 is 0 Å². The van der Waals surface area contributed by atoms with Gasteiger partial charge in [0.2, 0.25) is 15.9 Å². The highest BCUT2D eigenvalue weighted by Crippen LogP contribution is 2.23. The molecule has 158 valence electrons. The van der Waals surface area contributed by atoms with Crippen molar-refractivity contribution in [3.05, 3.63) is 66.4 Å². The fourth-order valence-corrected chi connectivity index (χ4v) is 5.72. The Labute approximate surface area is 177 Å². The number of piperidine rings is 1. The van der Waals surface area contributed by atoms with E-state index in [9.17, 15) is 13.2 Å². The van der Waals surface area contributed by atoms with E-state index in [1.54, 1.807) is 22.5 Å². The fourth-order valence-electron chi connectivity index (χ4n) is 3.99. The Morgan fingerprint density at radius 2 is 1.67 bits per heavy atom. The third-order valence-electron chi connectivity index (χ3n) is 5.64. The van der Waals surface area contributed by atoms with Crippen molar-refractivity contribution in [1.82, 2.24) is 14.2 Å².